The maximum absolute atomic E-state index is 12.2. The van der Waals surface area contributed by atoms with E-state index in [0.29, 0.717) is 17.9 Å². The smallest absolute Gasteiger partial charge is 0.238 e. The minimum Gasteiger partial charge on any atom is -0.352 e. The van der Waals surface area contributed by atoms with Crippen molar-refractivity contribution in [2.75, 3.05) is 26.0 Å². The predicted molar refractivity (Wildman–Crippen MR) is 143 cm³/mol. The summed E-state index contributed by atoms with van der Waals surface area (Å²) in [6.45, 7) is 0.296. The summed E-state index contributed by atoms with van der Waals surface area (Å²) < 4.78 is 0. The van der Waals surface area contributed by atoms with Gasteiger partial charge < -0.3 is 15.2 Å². The van der Waals surface area contributed by atoms with Crippen molar-refractivity contribution in [3.8, 4) is 33.0 Å². The minimum atomic E-state index is -0.0973. The summed E-state index contributed by atoms with van der Waals surface area (Å²) in [6, 6.07) is 10.2. The summed E-state index contributed by atoms with van der Waals surface area (Å²) >= 11 is 1.69. The summed E-state index contributed by atoms with van der Waals surface area (Å²) in [7, 11) is 3.70. The molecule has 0 unspecified atom stereocenters. The third-order valence-corrected chi connectivity index (χ3v) is 6.72. The number of anilines is 1. The van der Waals surface area contributed by atoms with Crippen LogP contribution in [0.1, 0.15) is 0 Å². The molecule has 36 heavy (non-hydrogen) atoms. The van der Waals surface area contributed by atoms with Gasteiger partial charge in [-0.25, -0.2) is 4.98 Å². The highest BCUT2D eigenvalue weighted by molar-refractivity contribution is 7.13. The van der Waals surface area contributed by atoms with Gasteiger partial charge in [0, 0.05) is 50.9 Å². The molecule has 0 saturated heterocycles. The number of hydrogen-bond acceptors (Lipinski definition) is 7. The highest BCUT2D eigenvalue weighted by Gasteiger charge is 2.16. The molecule has 0 radical (unpaired) electrons. The van der Waals surface area contributed by atoms with Gasteiger partial charge in [-0.3, -0.25) is 19.9 Å². The van der Waals surface area contributed by atoms with Gasteiger partial charge in [-0.1, -0.05) is 6.07 Å². The van der Waals surface area contributed by atoms with Crippen molar-refractivity contribution < 1.29 is 4.79 Å². The van der Waals surface area contributed by atoms with Crippen molar-refractivity contribution in [1.82, 2.24) is 35.0 Å². The first-order valence-corrected chi connectivity index (χ1v) is 12.2. The van der Waals surface area contributed by atoms with E-state index in [9.17, 15) is 4.79 Å². The molecular formula is C26H22N8OS. The molecule has 0 aromatic carbocycles. The molecule has 0 aliphatic heterocycles. The van der Waals surface area contributed by atoms with Crippen LogP contribution in [0, 0.1) is 0 Å². The molecule has 178 valence electrons. The highest BCUT2D eigenvalue weighted by atomic mass is 32.1. The molecule has 0 spiro atoms. The average Bonchev–Trinajstić information content (AvgIpc) is 3.62. The first kappa shape index (κ1) is 22.1. The van der Waals surface area contributed by atoms with Crippen LogP contribution in [0.15, 0.2) is 66.7 Å². The fourth-order valence-corrected chi connectivity index (χ4v) is 4.98. The van der Waals surface area contributed by atoms with Crippen molar-refractivity contribution in [2.24, 2.45) is 0 Å². The van der Waals surface area contributed by atoms with Gasteiger partial charge in [0.15, 0.2) is 5.65 Å². The van der Waals surface area contributed by atoms with Gasteiger partial charge in [0.1, 0.15) is 5.69 Å². The van der Waals surface area contributed by atoms with Crippen molar-refractivity contribution in [2.45, 2.75) is 0 Å². The van der Waals surface area contributed by atoms with Gasteiger partial charge in [-0.15, -0.1) is 11.3 Å². The lowest BCUT2D eigenvalue weighted by Gasteiger charge is -2.10. The fourth-order valence-electron chi connectivity index (χ4n) is 4.23. The van der Waals surface area contributed by atoms with Gasteiger partial charge >= 0.3 is 0 Å². The second-order valence-corrected chi connectivity index (χ2v) is 9.70. The molecule has 10 heteroatoms. The van der Waals surface area contributed by atoms with Crippen molar-refractivity contribution >= 4 is 44.9 Å². The first-order valence-electron chi connectivity index (χ1n) is 11.3. The number of rotatable bonds is 6. The van der Waals surface area contributed by atoms with Crippen LogP contribution in [0.5, 0.6) is 0 Å². The lowest BCUT2D eigenvalue weighted by molar-refractivity contribution is -0.116. The van der Waals surface area contributed by atoms with E-state index in [1.54, 1.807) is 29.9 Å². The Bertz CT molecular complexity index is 1700. The normalized spacial score (nSPS) is 11.5. The quantitative estimate of drug-likeness (QED) is 0.307. The number of aromatic nitrogens is 6. The molecule has 1 amide bonds. The van der Waals surface area contributed by atoms with Crippen LogP contribution in [0.25, 0.3) is 54.9 Å². The fraction of sp³-hybridized carbons (Fsp3) is 0.115. The van der Waals surface area contributed by atoms with Gasteiger partial charge in [-0.05, 0) is 43.7 Å². The van der Waals surface area contributed by atoms with Crippen molar-refractivity contribution in [1.29, 1.82) is 0 Å². The molecule has 0 atom stereocenters. The van der Waals surface area contributed by atoms with Crippen LogP contribution in [-0.2, 0) is 4.79 Å². The lowest BCUT2D eigenvalue weighted by atomic mass is 10.1. The average molecular weight is 495 g/mol. The molecule has 0 bridgehead atoms. The molecule has 0 fully saturated rings. The van der Waals surface area contributed by atoms with Crippen molar-refractivity contribution in [3.63, 3.8) is 0 Å². The van der Waals surface area contributed by atoms with Crippen LogP contribution in [-0.4, -0.2) is 61.6 Å². The lowest BCUT2D eigenvalue weighted by Crippen LogP contribution is -2.27. The predicted octanol–water partition coefficient (Wildman–Crippen LogP) is 4.79. The van der Waals surface area contributed by atoms with E-state index in [2.05, 4.69) is 53.0 Å². The number of thiophene rings is 1. The molecule has 6 heterocycles. The maximum atomic E-state index is 12.2. The Morgan fingerprint density at radius 2 is 1.89 bits per heavy atom. The number of carbonyl (C=O) groups is 1. The second-order valence-electron chi connectivity index (χ2n) is 8.75. The number of aromatic amines is 2. The second kappa shape index (κ2) is 8.99. The van der Waals surface area contributed by atoms with Gasteiger partial charge in [0.05, 0.1) is 35.8 Å². The summed E-state index contributed by atoms with van der Waals surface area (Å²) in [5, 5.41) is 14.5. The van der Waals surface area contributed by atoms with E-state index in [1.807, 2.05) is 49.6 Å². The Kier molecular flexibility index (Phi) is 5.51. The van der Waals surface area contributed by atoms with Crippen molar-refractivity contribution in [3.05, 3.63) is 66.7 Å². The maximum Gasteiger partial charge on any atom is 0.238 e. The number of carbonyl (C=O) groups excluding carboxylic acids is 1. The molecule has 6 aromatic rings. The van der Waals surface area contributed by atoms with E-state index < -0.39 is 0 Å². The van der Waals surface area contributed by atoms with Crippen LogP contribution >= 0.6 is 11.3 Å². The molecule has 9 nitrogen and oxygen atoms in total. The number of nitrogens with zero attached hydrogens (tertiary/aromatic N) is 5. The van der Waals surface area contributed by atoms with Gasteiger partial charge in [0.25, 0.3) is 0 Å². The molecule has 0 saturated carbocycles. The number of hydrogen-bond donors (Lipinski definition) is 3. The first-order chi connectivity index (χ1) is 17.5. The van der Waals surface area contributed by atoms with Crippen LogP contribution in [0.4, 0.5) is 5.69 Å². The Morgan fingerprint density at radius 3 is 2.72 bits per heavy atom. The zero-order chi connectivity index (χ0) is 24.6. The van der Waals surface area contributed by atoms with Gasteiger partial charge in [-0.2, -0.15) is 5.10 Å². The zero-order valence-corrected chi connectivity index (χ0v) is 20.4. The molecule has 0 aliphatic carbocycles. The SMILES string of the molecule is CN(C)CC(=O)Nc1cncc(-c2cnc3[nH]nc(-c4cc5c(-c6cccs6)cncc5[nH]4)c3c2)c1. The largest absolute Gasteiger partial charge is 0.352 e. The molecule has 3 N–H and O–H groups in total. The third kappa shape index (κ3) is 4.12. The summed E-state index contributed by atoms with van der Waals surface area (Å²) in [6.07, 6.45) is 8.89. The van der Waals surface area contributed by atoms with Gasteiger partial charge in [0.2, 0.25) is 5.91 Å². The third-order valence-electron chi connectivity index (χ3n) is 5.82. The molecular weight excluding hydrogens is 472 g/mol. The number of nitrogens with one attached hydrogen (secondary N) is 3. The zero-order valence-electron chi connectivity index (χ0n) is 19.6. The van der Waals surface area contributed by atoms with E-state index in [0.717, 1.165) is 44.4 Å². The van der Waals surface area contributed by atoms with Crippen LogP contribution < -0.4 is 5.32 Å². The Morgan fingerprint density at radius 1 is 1.03 bits per heavy atom. The Hall–Kier alpha value is -4.41. The molecule has 6 aromatic heterocycles. The highest BCUT2D eigenvalue weighted by Crippen LogP contribution is 2.35. The summed E-state index contributed by atoms with van der Waals surface area (Å²) in [4.78, 5) is 31.9. The molecule has 0 aliphatic rings. The van der Waals surface area contributed by atoms with Crippen LogP contribution in [0.2, 0.25) is 0 Å². The number of likely N-dealkylation sites (N-methyl/N-ethyl adjacent to an activating group) is 1. The number of amides is 1. The minimum absolute atomic E-state index is 0.0973. The van der Waals surface area contributed by atoms with E-state index in [1.165, 1.54) is 4.88 Å². The van der Waals surface area contributed by atoms with E-state index in [-0.39, 0.29) is 5.91 Å². The molecule has 6 rings (SSSR count). The number of fused-ring (bicyclic) bond motifs is 2. The summed E-state index contributed by atoms with van der Waals surface area (Å²) in [5.41, 5.74) is 6.73. The van der Waals surface area contributed by atoms with E-state index >= 15 is 0 Å². The van der Waals surface area contributed by atoms with E-state index in [4.69, 9.17) is 0 Å². The van der Waals surface area contributed by atoms with Crippen LogP contribution in [0.3, 0.4) is 0 Å². The number of pyridine rings is 3. The number of H-pyrrole nitrogens is 2. The Labute approximate surface area is 210 Å². The topological polar surface area (TPSA) is 115 Å². The Balaban J connectivity index is 1.38. The summed E-state index contributed by atoms with van der Waals surface area (Å²) in [5.74, 6) is -0.0973. The monoisotopic (exact) mass is 494 g/mol. The standard InChI is InChI=1S/C26H22N8OS/c1-34(2)14-24(35)30-17-6-15(9-27-11-17)16-7-19-25(32-33-26(19)29-10-16)21-8-18-20(23-4-3-5-36-23)12-28-13-22(18)31-21/h3-13,31H,14H2,1-2H3,(H,30,35)(H,29,32,33).